The molecule has 1 unspecified atom stereocenters. The van der Waals surface area contributed by atoms with Crippen molar-refractivity contribution in [3.63, 3.8) is 0 Å². The third kappa shape index (κ3) is 3.26. The second kappa shape index (κ2) is 6.24. The van der Waals surface area contributed by atoms with Gasteiger partial charge in [0.15, 0.2) is 0 Å². The van der Waals surface area contributed by atoms with E-state index >= 15 is 0 Å². The van der Waals surface area contributed by atoms with E-state index in [0.29, 0.717) is 6.10 Å². The Kier molecular flexibility index (Phi) is 4.65. The Balaban J connectivity index is 0.000000367. The average Bonchev–Trinajstić information content (AvgIpc) is 2.70. The number of para-hydroxylation sites is 1. The topological polar surface area (TPSA) is 12.5 Å². The molecule has 100 valence electrons. The molecule has 1 aromatic carbocycles. The summed E-state index contributed by atoms with van der Waals surface area (Å²) in [5.41, 5.74) is 1.37. The normalized spacial score (nSPS) is 22.5. The van der Waals surface area contributed by atoms with Gasteiger partial charge in [-0.3, -0.25) is 4.90 Å². The number of hydrogen-bond donors (Lipinski definition) is 0. The van der Waals surface area contributed by atoms with Crippen molar-refractivity contribution in [2.45, 2.75) is 39.7 Å². The average molecular weight is 247 g/mol. The summed E-state index contributed by atoms with van der Waals surface area (Å²) in [4.78, 5) is 2.49. The molecule has 0 spiro atoms. The first-order valence-electron chi connectivity index (χ1n) is 7.19. The van der Waals surface area contributed by atoms with Crippen LogP contribution in [0, 0.1) is 5.92 Å². The van der Waals surface area contributed by atoms with E-state index in [9.17, 15) is 0 Å². The van der Waals surface area contributed by atoms with Crippen LogP contribution < -0.4 is 4.74 Å². The number of ether oxygens (including phenoxy) is 1. The molecule has 1 fully saturated rings. The molecule has 0 amide bonds. The third-order valence-corrected chi connectivity index (χ3v) is 3.32. The minimum absolute atomic E-state index is 0.384. The van der Waals surface area contributed by atoms with Crippen LogP contribution in [0.2, 0.25) is 0 Å². The van der Waals surface area contributed by atoms with Crippen LogP contribution in [0.3, 0.4) is 0 Å². The SMILES string of the molecule is CC1CN(CC2Cc3ccccc3O2)C1.CCC. The monoisotopic (exact) mass is 247 g/mol. The lowest BCUT2D eigenvalue weighted by molar-refractivity contribution is 0.0657. The first-order valence-corrected chi connectivity index (χ1v) is 7.19. The maximum absolute atomic E-state index is 5.91. The van der Waals surface area contributed by atoms with Crippen molar-refractivity contribution in [2.75, 3.05) is 19.6 Å². The predicted molar refractivity (Wildman–Crippen MR) is 76.1 cm³/mol. The summed E-state index contributed by atoms with van der Waals surface area (Å²) in [5, 5.41) is 0. The van der Waals surface area contributed by atoms with Crippen LogP contribution >= 0.6 is 0 Å². The smallest absolute Gasteiger partial charge is 0.123 e. The standard InChI is InChI=1S/C13H17NO.C3H8/c1-10-7-14(8-10)9-12-6-11-4-2-3-5-13(11)15-12;1-3-2/h2-5,10,12H,6-9H2,1H3;3H2,1-2H3. The first-order chi connectivity index (χ1) is 8.72. The van der Waals surface area contributed by atoms with Crippen molar-refractivity contribution in [3.8, 4) is 5.75 Å². The summed E-state index contributed by atoms with van der Waals surface area (Å²) in [6.45, 7) is 10.1. The summed E-state index contributed by atoms with van der Waals surface area (Å²) in [5.74, 6) is 1.98. The maximum atomic E-state index is 5.91. The van der Waals surface area contributed by atoms with Crippen molar-refractivity contribution in [1.29, 1.82) is 0 Å². The number of hydrogen-bond acceptors (Lipinski definition) is 2. The number of fused-ring (bicyclic) bond motifs is 1. The third-order valence-electron chi connectivity index (χ3n) is 3.32. The van der Waals surface area contributed by atoms with Crippen molar-refractivity contribution in [1.82, 2.24) is 4.90 Å². The van der Waals surface area contributed by atoms with E-state index in [2.05, 4.69) is 43.9 Å². The van der Waals surface area contributed by atoms with Crippen LogP contribution in [0.15, 0.2) is 24.3 Å². The Morgan fingerprint density at radius 2 is 1.89 bits per heavy atom. The lowest BCUT2D eigenvalue weighted by atomic mass is 10.0. The number of benzene rings is 1. The van der Waals surface area contributed by atoms with Gasteiger partial charge in [-0.05, 0) is 17.5 Å². The van der Waals surface area contributed by atoms with Crippen LogP contribution in [0.25, 0.3) is 0 Å². The highest BCUT2D eigenvalue weighted by Crippen LogP contribution is 2.29. The van der Waals surface area contributed by atoms with Gasteiger partial charge in [-0.2, -0.15) is 0 Å². The second-order valence-electron chi connectivity index (χ2n) is 5.58. The summed E-state index contributed by atoms with van der Waals surface area (Å²) in [6, 6.07) is 8.39. The summed E-state index contributed by atoms with van der Waals surface area (Å²) in [7, 11) is 0. The molecule has 0 bridgehead atoms. The minimum atomic E-state index is 0.384. The van der Waals surface area contributed by atoms with Gasteiger partial charge >= 0.3 is 0 Å². The van der Waals surface area contributed by atoms with Gasteiger partial charge in [0.2, 0.25) is 0 Å². The van der Waals surface area contributed by atoms with Crippen molar-refractivity contribution >= 4 is 0 Å². The van der Waals surface area contributed by atoms with E-state index in [-0.39, 0.29) is 0 Å². The molecule has 0 aromatic heterocycles. The van der Waals surface area contributed by atoms with Gasteiger partial charge in [0.1, 0.15) is 11.9 Å². The predicted octanol–water partition coefficient (Wildman–Crippen LogP) is 3.36. The number of rotatable bonds is 2. The molecule has 2 heterocycles. The summed E-state index contributed by atoms with van der Waals surface area (Å²) >= 11 is 0. The molecule has 0 radical (unpaired) electrons. The van der Waals surface area contributed by atoms with E-state index in [1.54, 1.807) is 0 Å². The molecule has 0 aliphatic carbocycles. The highest BCUT2D eigenvalue weighted by Gasteiger charge is 2.29. The minimum Gasteiger partial charge on any atom is -0.488 e. The van der Waals surface area contributed by atoms with Gasteiger partial charge in [0.25, 0.3) is 0 Å². The molecule has 2 aliphatic heterocycles. The molecule has 0 N–H and O–H groups in total. The lowest BCUT2D eigenvalue weighted by Crippen LogP contribution is -2.49. The Morgan fingerprint density at radius 3 is 2.50 bits per heavy atom. The fourth-order valence-electron chi connectivity index (χ4n) is 2.62. The van der Waals surface area contributed by atoms with Crippen molar-refractivity contribution in [2.24, 2.45) is 5.92 Å². The molecule has 2 aliphatic rings. The van der Waals surface area contributed by atoms with Gasteiger partial charge in [-0.25, -0.2) is 0 Å². The highest BCUT2D eigenvalue weighted by molar-refractivity contribution is 5.37. The lowest BCUT2D eigenvalue weighted by Gasteiger charge is -2.38. The molecule has 1 atom stereocenters. The molecule has 2 nitrogen and oxygen atoms in total. The zero-order valence-corrected chi connectivity index (χ0v) is 11.9. The van der Waals surface area contributed by atoms with Gasteiger partial charge in [-0.15, -0.1) is 0 Å². The first kappa shape index (κ1) is 13.4. The Bertz CT molecular complexity index is 346. The molecule has 3 rings (SSSR count). The number of nitrogens with zero attached hydrogens (tertiary/aromatic N) is 1. The van der Waals surface area contributed by atoms with Gasteiger partial charge in [0.05, 0.1) is 0 Å². The fourth-order valence-corrected chi connectivity index (χ4v) is 2.62. The van der Waals surface area contributed by atoms with Crippen LogP contribution in [0.5, 0.6) is 5.75 Å². The van der Waals surface area contributed by atoms with E-state index in [0.717, 1.165) is 24.6 Å². The van der Waals surface area contributed by atoms with Crippen LogP contribution in [0.4, 0.5) is 0 Å². The zero-order valence-electron chi connectivity index (χ0n) is 11.9. The Morgan fingerprint density at radius 1 is 1.22 bits per heavy atom. The molecular formula is C16H25NO. The Hall–Kier alpha value is -1.02. The van der Waals surface area contributed by atoms with Crippen LogP contribution in [0.1, 0.15) is 32.8 Å². The fraction of sp³-hybridized carbons (Fsp3) is 0.625. The van der Waals surface area contributed by atoms with E-state index in [4.69, 9.17) is 4.74 Å². The molecule has 18 heavy (non-hydrogen) atoms. The molecule has 0 saturated carbocycles. The van der Waals surface area contributed by atoms with E-state index in [1.165, 1.54) is 25.1 Å². The van der Waals surface area contributed by atoms with Gasteiger partial charge in [-0.1, -0.05) is 45.4 Å². The van der Waals surface area contributed by atoms with Gasteiger partial charge in [0, 0.05) is 26.1 Å². The maximum Gasteiger partial charge on any atom is 0.123 e. The van der Waals surface area contributed by atoms with Crippen molar-refractivity contribution < 1.29 is 4.74 Å². The Labute approximate surface area is 111 Å². The second-order valence-corrected chi connectivity index (χ2v) is 5.58. The van der Waals surface area contributed by atoms with Crippen molar-refractivity contribution in [3.05, 3.63) is 29.8 Å². The zero-order chi connectivity index (χ0) is 13.0. The highest BCUT2D eigenvalue weighted by atomic mass is 16.5. The largest absolute Gasteiger partial charge is 0.488 e. The van der Waals surface area contributed by atoms with E-state index < -0.39 is 0 Å². The number of likely N-dealkylation sites (tertiary alicyclic amines) is 1. The van der Waals surface area contributed by atoms with Gasteiger partial charge < -0.3 is 4.74 Å². The van der Waals surface area contributed by atoms with Crippen LogP contribution in [-0.2, 0) is 6.42 Å². The quantitative estimate of drug-likeness (QED) is 0.794. The molecule has 1 aromatic rings. The molecule has 2 heteroatoms. The van der Waals surface area contributed by atoms with Crippen LogP contribution in [-0.4, -0.2) is 30.6 Å². The molecular weight excluding hydrogens is 222 g/mol. The molecule has 1 saturated heterocycles. The summed E-state index contributed by atoms with van der Waals surface area (Å²) in [6.07, 6.45) is 2.72. The van der Waals surface area contributed by atoms with E-state index in [1.807, 2.05) is 6.07 Å². The summed E-state index contributed by atoms with van der Waals surface area (Å²) < 4.78 is 5.91.